The molecule has 118 valence electrons. The van der Waals surface area contributed by atoms with Crippen LogP contribution in [0.25, 0.3) is 11.4 Å². The molecule has 2 heterocycles. The molecule has 23 heavy (non-hydrogen) atoms. The first kappa shape index (κ1) is 14.3. The zero-order valence-corrected chi connectivity index (χ0v) is 13.7. The van der Waals surface area contributed by atoms with E-state index in [1.54, 1.807) is 18.4 Å². The van der Waals surface area contributed by atoms with Gasteiger partial charge in [0.05, 0.1) is 19.3 Å². The molecule has 1 aliphatic rings. The third kappa shape index (κ3) is 2.70. The van der Waals surface area contributed by atoms with E-state index in [1.807, 2.05) is 22.9 Å². The van der Waals surface area contributed by atoms with Crippen LogP contribution in [-0.4, -0.2) is 17.3 Å². The average molecular weight is 327 g/mol. The van der Waals surface area contributed by atoms with Crippen molar-refractivity contribution in [3.63, 3.8) is 0 Å². The molecule has 0 saturated heterocycles. The van der Waals surface area contributed by atoms with Crippen LogP contribution in [0, 0.1) is 0 Å². The summed E-state index contributed by atoms with van der Waals surface area (Å²) in [5, 5.41) is 11.5. The highest BCUT2D eigenvalue weighted by Gasteiger charge is 2.19. The molecule has 0 aliphatic heterocycles. The molecule has 0 radical (unpaired) electrons. The van der Waals surface area contributed by atoms with E-state index < -0.39 is 0 Å². The minimum atomic E-state index is 0.490. The van der Waals surface area contributed by atoms with E-state index >= 15 is 0 Å². The molecule has 0 bridgehead atoms. The number of benzene rings is 1. The number of methoxy groups -OCH3 is 1. The van der Waals surface area contributed by atoms with Crippen LogP contribution < -0.4 is 10.1 Å². The van der Waals surface area contributed by atoms with Crippen LogP contribution in [0.5, 0.6) is 5.75 Å². The van der Waals surface area contributed by atoms with Crippen LogP contribution in [0.1, 0.15) is 23.4 Å². The van der Waals surface area contributed by atoms with Crippen LogP contribution in [0.2, 0.25) is 0 Å². The number of nitrogens with one attached hydrogen (secondary N) is 1. The summed E-state index contributed by atoms with van der Waals surface area (Å²) in [6.07, 6.45) is 3.41. The Labute approximate surface area is 138 Å². The molecule has 1 aliphatic carbocycles. The van der Waals surface area contributed by atoms with Crippen molar-refractivity contribution in [2.24, 2.45) is 0 Å². The monoisotopic (exact) mass is 327 g/mol. The number of fused-ring (bicyclic) bond motifs is 1. The fourth-order valence-corrected chi connectivity index (χ4v) is 3.64. The minimum Gasteiger partial charge on any atom is -0.495 e. The lowest BCUT2D eigenvalue weighted by Gasteiger charge is -2.14. The van der Waals surface area contributed by atoms with Gasteiger partial charge in [-0.1, -0.05) is 11.2 Å². The van der Waals surface area contributed by atoms with Crippen LogP contribution in [0.4, 0.5) is 5.69 Å². The summed E-state index contributed by atoms with van der Waals surface area (Å²) >= 11 is 1.62. The number of aryl methyl sites for hydroxylation is 1. The van der Waals surface area contributed by atoms with Gasteiger partial charge in [-0.2, -0.15) is 16.3 Å². The Hall–Kier alpha value is -2.34. The van der Waals surface area contributed by atoms with Crippen molar-refractivity contribution in [1.82, 2.24) is 10.1 Å². The first-order valence-electron chi connectivity index (χ1n) is 7.63. The van der Waals surface area contributed by atoms with E-state index in [4.69, 9.17) is 9.26 Å². The maximum atomic E-state index is 5.50. The lowest BCUT2D eigenvalue weighted by atomic mass is 10.1. The Morgan fingerprint density at radius 3 is 3.09 bits per heavy atom. The van der Waals surface area contributed by atoms with Crippen molar-refractivity contribution < 1.29 is 9.26 Å². The van der Waals surface area contributed by atoms with Crippen LogP contribution in [0.15, 0.2) is 33.5 Å². The van der Waals surface area contributed by atoms with Crippen molar-refractivity contribution in [3.8, 4) is 17.1 Å². The highest BCUT2D eigenvalue weighted by Crippen LogP contribution is 2.36. The summed E-state index contributed by atoms with van der Waals surface area (Å²) in [6, 6.07) is 6.17. The van der Waals surface area contributed by atoms with Crippen molar-refractivity contribution in [2.75, 3.05) is 12.4 Å². The Morgan fingerprint density at radius 2 is 2.26 bits per heavy atom. The molecule has 1 N–H and O–H groups in total. The van der Waals surface area contributed by atoms with Gasteiger partial charge < -0.3 is 14.6 Å². The molecular formula is C17H17N3O2S. The molecule has 0 spiro atoms. The second kappa shape index (κ2) is 6.04. The van der Waals surface area contributed by atoms with Crippen LogP contribution in [0.3, 0.4) is 0 Å². The largest absolute Gasteiger partial charge is 0.495 e. The number of rotatable bonds is 5. The number of anilines is 1. The number of nitrogens with zero attached hydrogens (tertiary/aromatic N) is 2. The van der Waals surface area contributed by atoms with Gasteiger partial charge in [0.1, 0.15) is 5.75 Å². The van der Waals surface area contributed by atoms with E-state index in [9.17, 15) is 0 Å². The Morgan fingerprint density at radius 1 is 1.30 bits per heavy atom. The molecular weight excluding hydrogens is 310 g/mol. The maximum Gasteiger partial charge on any atom is 0.246 e. The number of thiophene rings is 1. The summed E-state index contributed by atoms with van der Waals surface area (Å²) in [6.45, 7) is 0.490. The zero-order chi connectivity index (χ0) is 15.6. The van der Waals surface area contributed by atoms with E-state index in [1.165, 1.54) is 17.5 Å². The van der Waals surface area contributed by atoms with Gasteiger partial charge in [-0.05, 0) is 47.9 Å². The summed E-state index contributed by atoms with van der Waals surface area (Å²) in [5.74, 6) is 2.07. The molecule has 0 amide bonds. The fourth-order valence-electron chi connectivity index (χ4n) is 3.01. The van der Waals surface area contributed by atoms with E-state index in [0.717, 1.165) is 29.8 Å². The first-order chi connectivity index (χ1) is 11.3. The van der Waals surface area contributed by atoms with E-state index in [0.29, 0.717) is 18.3 Å². The van der Waals surface area contributed by atoms with Gasteiger partial charge in [-0.15, -0.1) is 0 Å². The van der Waals surface area contributed by atoms with Crippen molar-refractivity contribution >= 4 is 17.0 Å². The average Bonchev–Trinajstić information content (AvgIpc) is 3.32. The summed E-state index contributed by atoms with van der Waals surface area (Å²) in [7, 11) is 1.70. The van der Waals surface area contributed by atoms with Gasteiger partial charge in [-0.25, -0.2) is 0 Å². The molecule has 2 aromatic heterocycles. The lowest BCUT2D eigenvalue weighted by Crippen LogP contribution is -2.05. The van der Waals surface area contributed by atoms with E-state index in [2.05, 4.69) is 21.5 Å². The van der Waals surface area contributed by atoms with Gasteiger partial charge in [0.2, 0.25) is 11.7 Å². The Bertz CT molecular complexity index is 811. The third-order valence-corrected chi connectivity index (χ3v) is 4.81. The highest BCUT2D eigenvalue weighted by molar-refractivity contribution is 7.08. The number of ether oxygens (including phenoxy) is 1. The zero-order valence-electron chi connectivity index (χ0n) is 12.8. The van der Waals surface area contributed by atoms with Gasteiger partial charge in [-0.3, -0.25) is 0 Å². The van der Waals surface area contributed by atoms with E-state index in [-0.39, 0.29) is 0 Å². The summed E-state index contributed by atoms with van der Waals surface area (Å²) in [5.41, 5.74) is 4.79. The van der Waals surface area contributed by atoms with Crippen LogP contribution in [-0.2, 0) is 19.4 Å². The highest BCUT2D eigenvalue weighted by atomic mass is 32.1. The Balaban J connectivity index is 1.55. The SMILES string of the molecule is COc1ccc2c(c1NCc1nc(-c3ccsc3)no1)CCC2. The topological polar surface area (TPSA) is 60.2 Å². The van der Waals surface area contributed by atoms with Gasteiger partial charge in [0.15, 0.2) is 0 Å². The second-order valence-corrected chi connectivity index (χ2v) is 6.29. The molecule has 4 rings (SSSR count). The molecule has 5 nitrogen and oxygen atoms in total. The molecule has 6 heteroatoms. The molecule has 1 aromatic carbocycles. The third-order valence-electron chi connectivity index (χ3n) is 4.13. The predicted octanol–water partition coefficient (Wildman–Crippen LogP) is 3.91. The first-order valence-corrected chi connectivity index (χ1v) is 8.57. The molecule has 0 saturated carbocycles. The summed E-state index contributed by atoms with van der Waals surface area (Å²) in [4.78, 5) is 4.44. The maximum absolute atomic E-state index is 5.50. The molecule has 3 aromatic rings. The number of aromatic nitrogens is 2. The quantitative estimate of drug-likeness (QED) is 0.770. The van der Waals surface area contributed by atoms with Gasteiger partial charge >= 0.3 is 0 Å². The van der Waals surface area contributed by atoms with Crippen molar-refractivity contribution in [1.29, 1.82) is 0 Å². The second-order valence-electron chi connectivity index (χ2n) is 5.51. The normalized spacial score (nSPS) is 13.1. The number of hydrogen-bond donors (Lipinski definition) is 1. The smallest absolute Gasteiger partial charge is 0.246 e. The molecule has 0 atom stereocenters. The molecule has 0 unspecified atom stereocenters. The number of hydrogen-bond acceptors (Lipinski definition) is 6. The standard InChI is InChI=1S/C17H17N3O2S/c1-21-14-6-5-11-3-2-4-13(11)16(14)18-9-15-19-17(20-22-15)12-7-8-23-10-12/h5-8,10,18H,2-4,9H2,1H3. The van der Waals surface area contributed by atoms with Gasteiger partial charge in [0.25, 0.3) is 0 Å². The minimum absolute atomic E-state index is 0.490. The molecule has 0 fully saturated rings. The predicted molar refractivity (Wildman–Crippen MR) is 90.0 cm³/mol. The van der Waals surface area contributed by atoms with Crippen molar-refractivity contribution in [3.05, 3.63) is 46.0 Å². The van der Waals surface area contributed by atoms with Crippen LogP contribution >= 0.6 is 11.3 Å². The fraction of sp³-hybridized carbons (Fsp3) is 0.294. The van der Waals surface area contributed by atoms with Crippen molar-refractivity contribution in [2.45, 2.75) is 25.8 Å². The Kier molecular flexibility index (Phi) is 3.75. The lowest BCUT2D eigenvalue weighted by molar-refractivity contribution is 0.383. The van der Waals surface area contributed by atoms with Gasteiger partial charge in [0, 0.05) is 10.9 Å². The summed E-state index contributed by atoms with van der Waals surface area (Å²) < 4.78 is 10.8.